The van der Waals surface area contributed by atoms with Gasteiger partial charge in [0.1, 0.15) is 0 Å². The number of aliphatic hydroxyl groups excluding tert-OH is 1. The molecule has 0 atom stereocenters. The summed E-state index contributed by atoms with van der Waals surface area (Å²) in [5.41, 5.74) is 0.858. The lowest BCUT2D eigenvalue weighted by molar-refractivity contribution is -0.114. The van der Waals surface area contributed by atoms with Gasteiger partial charge in [-0.1, -0.05) is 6.92 Å². The number of carbonyl (C=O) groups excluding carboxylic acids is 1. The van der Waals surface area contributed by atoms with Crippen LogP contribution in [-0.2, 0) is 4.79 Å². The molecule has 0 amide bonds. The van der Waals surface area contributed by atoms with E-state index < -0.39 is 0 Å². The standard InChI is InChI=1S/C13H21NO2/c1-10-4-6-13(9-15,7-5-10)14-11-2-3-12(16)8-11/h8,10,14-15H,2-7,9H2,1H3. The molecule has 0 aliphatic heterocycles. The number of aliphatic hydroxyl groups is 1. The smallest absolute Gasteiger partial charge is 0.157 e. The van der Waals surface area contributed by atoms with Crippen LogP contribution in [0.3, 0.4) is 0 Å². The minimum atomic E-state index is -0.164. The van der Waals surface area contributed by atoms with Crippen molar-refractivity contribution in [3.63, 3.8) is 0 Å². The van der Waals surface area contributed by atoms with Crippen LogP contribution in [0.15, 0.2) is 11.8 Å². The van der Waals surface area contributed by atoms with E-state index in [4.69, 9.17) is 0 Å². The summed E-state index contributed by atoms with van der Waals surface area (Å²) in [7, 11) is 0. The minimum Gasteiger partial charge on any atom is -0.394 e. The third-order valence-corrected chi connectivity index (χ3v) is 3.94. The maximum Gasteiger partial charge on any atom is 0.157 e. The highest BCUT2D eigenvalue weighted by Crippen LogP contribution is 2.33. The zero-order chi connectivity index (χ0) is 11.6. The van der Waals surface area contributed by atoms with Crippen LogP contribution in [-0.4, -0.2) is 23.0 Å². The lowest BCUT2D eigenvalue weighted by Crippen LogP contribution is -2.50. The lowest BCUT2D eigenvalue weighted by atomic mass is 9.77. The molecule has 2 aliphatic rings. The Morgan fingerprint density at radius 3 is 2.62 bits per heavy atom. The Balaban J connectivity index is 1.99. The van der Waals surface area contributed by atoms with Gasteiger partial charge in [-0.2, -0.15) is 0 Å². The van der Waals surface area contributed by atoms with E-state index in [9.17, 15) is 9.90 Å². The summed E-state index contributed by atoms with van der Waals surface area (Å²) in [5.74, 6) is 0.973. The van der Waals surface area contributed by atoms with Crippen LogP contribution >= 0.6 is 0 Å². The molecule has 0 spiro atoms. The van der Waals surface area contributed by atoms with Crippen molar-refractivity contribution in [3.05, 3.63) is 11.8 Å². The molecular formula is C13H21NO2. The van der Waals surface area contributed by atoms with Gasteiger partial charge < -0.3 is 10.4 Å². The Bertz CT molecular complexity index is 301. The van der Waals surface area contributed by atoms with Gasteiger partial charge >= 0.3 is 0 Å². The number of hydrogen-bond donors (Lipinski definition) is 2. The van der Waals surface area contributed by atoms with Gasteiger partial charge in [0.15, 0.2) is 5.78 Å². The van der Waals surface area contributed by atoms with Gasteiger partial charge in [0.2, 0.25) is 0 Å². The Morgan fingerprint density at radius 1 is 1.44 bits per heavy atom. The SMILES string of the molecule is CC1CCC(CO)(NC2=CC(=O)CC2)CC1. The lowest BCUT2D eigenvalue weighted by Gasteiger charge is -2.40. The molecule has 0 heterocycles. The first kappa shape index (κ1) is 11.6. The van der Waals surface area contributed by atoms with E-state index in [1.54, 1.807) is 6.08 Å². The van der Waals surface area contributed by atoms with Crippen molar-refractivity contribution in [1.82, 2.24) is 5.32 Å². The fourth-order valence-electron chi connectivity index (χ4n) is 2.67. The molecule has 0 bridgehead atoms. The highest BCUT2D eigenvalue weighted by Gasteiger charge is 2.34. The summed E-state index contributed by atoms with van der Waals surface area (Å²) >= 11 is 0. The summed E-state index contributed by atoms with van der Waals surface area (Å²) in [6.07, 6.45) is 7.49. The first-order valence-corrected chi connectivity index (χ1v) is 6.26. The third kappa shape index (κ3) is 2.46. The molecule has 0 aromatic rings. The van der Waals surface area contributed by atoms with Crippen LogP contribution in [0.4, 0.5) is 0 Å². The Labute approximate surface area is 96.9 Å². The molecule has 0 saturated heterocycles. The van der Waals surface area contributed by atoms with Gasteiger partial charge in [-0.3, -0.25) is 4.79 Å². The molecule has 3 heteroatoms. The second-order valence-corrected chi connectivity index (χ2v) is 5.38. The Morgan fingerprint density at radius 2 is 2.12 bits per heavy atom. The van der Waals surface area contributed by atoms with E-state index in [1.165, 1.54) is 0 Å². The van der Waals surface area contributed by atoms with Gasteiger partial charge in [0, 0.05) is 18.2 Å². The second kappa shape index (κ2) is 4.58. The molecule has 0 aromatic carbocycles. The third-order valence-electron chi connectivity index (χ3n) is 3.94. The van der Waals surface area contributed by atoms with Crippen molar-refractivity contribution in [1.29, 1.82) is 0 Å². The number of allylic oxidation sites excluding steroid dienone is 2. The number of carbonyl (C=O) groups is 1. The molecule has 2 rings (SSSR count). The Hall–Kier alpha value is -0.830. The van der Waals surface area contributed by atoms with E-state index >= 15 is 0 Å². The summed E-state index contributed by atoms with van der Waals surface area (Å²) < 4.78 is 0. The molecule has 2 N–H and O–H groups in total. The molecule has 1 saturated carbocycles. The molecule has 3 nitrogen and oxygen atoms in total. The van der Waals surface area contributed by atoms with Crippen LogP contribution in [0.5, 0.6) is 0 Å². The zero-order valence-electron chi connectivity index (χ0n) is 9.96. The molecule has 0 aromatic heterocycles. The highest BCUT2D eigenvalue weighted by molar-refractivity contribution is 5.92. The zero-order valence-corrected chi connectivity index (χ0v) is 9.96. The van der Waals surface area contributed by atoms with Crippen molar-refractivity contribution in [2.45, 2.75) is 51.0 Å². The monoisotopic (exact) mass is 223 g/mol. The first-order valence-electron chi connectivity index (χ1n) is 6.26. The van der Waals surface area contributed by atoms with Gasteiger partial charge in [-0.25, -0.2) is 0 Å². The largest absolute Gasteiger partial charge is 0.394 e. The fourth-order valence-corrected chi connectivity index (χ4v) is 2.67. The normalized spacial score (nSPS) is 35.0. The quantitative estimate of drug-likeness (QED) is 0.766. The van der Waals surface area contributed by atoms with Crippen LogP contribution in [0, 0.1) is 5.92 Å². The predicted octanol–water partition coefficient (Wildman–Crippen LogP) is 1.76. The van der Waals surface area contributed by atoms with E-state index in [0.29, 0.717) is 6.42 Å². The molecule has 16 heavy (non-hydrogen) atoms. The second-order valence-electron chi connectivity index (χ2n) is 5.38. The molecular weight excluding hydrogens is 202 g/mol. The number of rotatable bonds is 3. The molecule has 0 unspecified atom stereocenters. The summed E-state index contributed by atoms with van der Waals surface area (Å²) in [4.78, 5) is 11.2. The summed E-state index contributed by atoms with van der Waals surface area (Å²) in [5, 5.41) is 13.0. The first-order chi connectivity index (χ1) is 7.63. The number of hydrogen-bond acceptors (Lipinski definition) is 3. The summed E-state index contributed by atoms with van der Waals surface area (Å²) in [6.45, 7) is 2.44. The van der Waals surface area contributed by atoms with E-state index in [-0.39, 0.29) is 17.9 Å². The predicted molar refractivity (Wildman–Crippen MR) is 62.9 cm³/mol. The van der Waals surface area contributed by atoms with Crippen molar-refractivity contribution in [2.75, 3.05) is 6.61 Å². The van der Waals surface area contributed by atoms with Crippen molar-refractivity contribution < 1.29 is 9.90 Å². The molecule has 0 radical (unpaired) electrons. The fraction of sp³-hybridized carbons (Fsp3) is 0.769. The van der Waals surface area contributed by atoms with E-state index in [2.05, 4.69) is 12.2 Å². The van der Waals surface area contributed by atoms with Crippen LogP contribution in [0.1, 0.15) is 45.4 Å². The average molecular weight is 223 g/mol. The minimum absolute atomic E-state index is 0.164. The molecule has 1 fully saturated rings. The average Bonchev–Trinajstić information content (AvgIpc) is 2.68. The Kier molecular flexibility index (Phi) is 3.33. The van der Waals surface area contributed by atoms with E-state index in [0.717, 1.165) is 43.7 Å². The van der Waals surface area contributed by atoms with Crippen molar-refractivity contribution in [2.24, 2.45) is 5.92 Å². The van der Waals surface area contributed by atoms with Gasteiger partial charge in [-0.05, 0) is 38.0 Å². The van der Waals surface area contributed by atoms with Crippen molar-refractivity contribution in [3.8, 4) is 0 Å². The maximum atomic E-state index is 11.2. The van der Waals surface area contributed by atoms with Gasteiger partial charge in [-0.15, -0.1) is 0 Å². The van der Waals surface area contributed by atoms with Crippen LogP contribution in [0.2, 0.25) is 0 Å². The van der Waals surface area contributed by atoms with Gasteiger partial charge in [0.25, 0.3) is 0 Å². The van der Waals surface area contributed by atoms with Crippen LogP contribution in [0.25, 0.3) is 0 Å². The maximum absolute atomic E-state index is 11.2. The topological polar surface area (TPSA) is 49.3 Å². The number of ketones is 1. The van der Waals surface area contributed by atoms with E-state index in [1.807, 2.05) is 0 Å². The van der Waals surface area contributed by atoms with Crippen molar-refractivity contribution >= 4 is 5.78 Å². The molecule has 2 aliphatic carbocycles. The number of nitrogens with one attached hydrogen (secondary N) is 1. The molecule has 90 valence electrons. The summed E-state index contributed by atoms with van der Waals surface area (Å²) in [6, 6.07) is 0. The van der Waals surface area contributed by atoms with Gasteiger partial charge in [0.05, 0.1) is 12.1 Å². The highest BCUT2D eigenvalue weighted by atomic mass is 16.3. The van der Waals surface area contributed by atoms with Crippen LogP contribution < -0.4 is 5.32 Å².